The summed E-state index contributed by atoms with van der Waals surface area (Å²) < 4.78 is 13.6. The van der Waals surface area contributed by atoms with Gasteiger partial charge in [0.15, 0.2) is 0 Å². The largest absolute Gasteiger partial charge is 0.311 e. The van der Waals surface area contributed by atoms with Crippen molar-refractivity contribution in [2.75, 3.05) is 7.05 Å². The van der Waals surface area contributed by atoms with E-state index in [0.29, 0.717) is 0 Å². The van der Waals surface area contributed by atoms with Crippen molar-refractivity contribution in [1.82, 2.24) is 10.3 Å². The fourth-order valence-corrected chi connectivity index (χ4v) is 2.74. The Labute approximate surface area is 108 Å². The number of halogens is 2. The minimum Gasteiger partial charge on any atom is -0.311 e. The van der Waals surface area contributed by atoms with Crippen LogP contribution in [0.2, 0.25) is 4.34 Å². The maximum atomic E-state index is 12.8. The molecule has 0 aliphatic heterocycles. The topological polar surface area (TPSA) is 24.9 Å². The van der Waals surface area contributed by atoms with Gasteiger partial charge in [0, 0.05) is 11.3 Å². The molecule has 2 nitrogen and oxygen atoms in total. The predicted molar refractivity (Wildman–Crippen MR) is 69.0 cm³/mol. The molecule has 0 aliphatic rings. The first-order valence-corrected chi connectivity index (χ1v) is 6.41. The summed E-state index contributed by atoms with van der Waals surface area (Å²) in [7, 11) is 1.87. The molecule has 17 heavy (non-hydrogen) atoms. The van der Waals surface area contributed by atoms with E-state index >= 15 is 0 Å². The first kappa shape index (κ1) is 12.5. The van der Waals surface area contributed by atoms with Gasteiger partial charge in [0.25, 0.3) is 0 Å². The lowest BCUT2D eigenvalue weighted by atomic mass is 10.1. The fourth-order valence-electron chi connectivity index (χ4n) is 1.61. The standard InChI is InChI=1S/C12H12ClFN2S/c1-15-11(6-9-3-5-12(13)17-9)10-4-2-8(14)7-16-10/h2-5,7,11,15H,6H2,1H3. The highest BCUT2D eigenvalue weighted by atomic mass is 35.5. The van der Waals surface area contributed by atoms with Crippen LogP contribution in [0.25, 0.3) is 0 Å². The molecule has 0 fully saturated rings. The van der Waals surface area contributed by atoms with Gasteiger partial charge in [-0.05, 0) is 31.3 Å². The highest BCUT2D eigenvalue weighted by Gasteiger charge is 2.12. The number of pyridine rings is 1. The molecule has 2 heterocycles. The van der Waals surface area contributed by atoms with Crippen LogP contribution in [0.5, 0.6) is 0 Å². The highest BCUT2D eigenvalue weighted by molar-refractivity contribution is 7.16. The van der Waals surface area contributed by atoms with Crippen molar-refractivity contribution >= 4 is 22.9 Å². The molecule has 0 bridgehead atoms. The number of hydrogen-bond donors (Lipinski definition) is 1. The lowest BCUT2D eigenvalue weighted by Gasteiger charge is -2.14. The molecule has 0 saturated heterocycles. The maximum Gasteiger partial charge on any atom is 0.141 e. The molecule has 0 amide bonds. The van der Waals surface area contributed by atoms with Crippen molar-refractivity contribution < 1.29 is 4.39 Å². The first-order valence-electron chi connectivity index (χ1n) is 5.22. The van der Waals surface area contributed by atoms with Crippen LogP contribution in [0.15, 0.2) is 30.5 Å². The third kappa shape index (κ3) is 3.25. The summed E-state index contributed by atoms with van der Waals surface area (Å²) in [4.78, 5) is 5.27. The van der Waals surface area contributed by atoms with Crippen LogP contribution < -0.4 is 5.32 Å². The molecular weight excluding hydrogens is 259 g/mol. The molecule has 2 aromatic heterocycles. The minimum absolute atomic E-state index is 0.0744. The normalized spacial score (nSPS) is 12.6. The third-order valence-corrected chi connectivity index (χ3v) is 3.74. The van der Waals surface area contributed by atoms with Gasteiger partial charge < -0.3 is 5.32 Å². The van der Waals surface area contributed by atoms with Gasteiger partial charge in [-0.1, -0.05) is 11.6 Å². The van der Waals surface area contributed by atoms with Crippen molar-refractivity contribution in [2.24, 2.45) is 0 Å². The van der Waals surface area contributed by atoms with E-state index in [9.17, 15) is 4.39 Å². The Hall–Kier alpha value is -0.970. The number of nitrogens with one attached hydrogen (secondary N) is 1. The molecule has 0 spiro atoms. The van der Waals surface area contributed by atoms with Gasteiger partial charge in [0.1, 0.15) is 5.82 Å². The Morgan fingerprint density at radius 2 is 2.24 bits per heavy atom. The Bertz CT molecular complexity index is 484. The van der Waals surface area contributed by atoms with Gasteiger partial charge >= 0.3 is 0 Å². The van der Waals surface area contributed by atoms with E-state index in [1.165, 1.54) is 17.1 Å². The van der Waals surface area contributed by atoms with Crippen molar-refractivity contribution in [2.45, 2.75) is 12.5 Å². The van der Waals surface area contributed by atoms with Gasteiger partial charge in [-0.2, -0.15) is 0 Å². The number of rotatable bonds is 4. The second-order valence-electron chi connectivity index (χ2n) is 3.65. The van der Waals surface area contributed by atoms with Crippen molar-refractivity contribution in [3.05, 3.63) is 51.2 Å². The van der Waals surface area contributed by atoms with Gasteiger partial charge in [0.2, 0.25) is 0 Å². The van der Waals surface area contributed by atoms with E-state index in [1.54, 1.807) is 17.4 Å². The highest BCUT2D eigenvalue weighted by Crippen LogP contribution is 2.25. The zero-order chi connectivity index (χ0) is 12.3. The molecule has 0 aromatic carbocycles. The Morgan fingerprint density at radius 1 is 1.41 bits per heavy atom. The van der Waals surface area contributed by atoms with Gasteiger partial charge in [-0.3, -0.25) is 4.98 Å². The predicted octanol–water partition coefficient (Wildman–Crippen LogP) is 3.44. The molecule has 0 saturated carbocycles. The van der Waals surface area contributed by atoms with Crippen LogP contribution in [0, 0.1) is 5.82 Å². The van der Waals surface area contributed by atoms with Crippen LogP contribution in [-0.4, -0.2) is 12.0 Å². The zero-order valence-electron chi connectivity index (χ0n) is 9.28. The van der Waals surface area contributed by atoms with E-state index in [1.807, 2.05) is 19.2 Å². The molecule has 0 aliphatic carbocycles. The number of hydrogen-bond acceptors (Lipinski definition) is 3. The van der Waals surface area contributed by atoms with Crippen molar-refractivity contribution in [3.8, 4) is 0 Å². The van der Waals surface area contributed by atoms with E-state index in [4.69, 9.17) is 11.6 Å². The Kier molecular flexibility index (Phi) is 4.10. The SMILES string of the molecule is CNC(Cc1ccc(Cl)s1)c1ccc(F)cn1. The van der Waals surface area contributed by atoms with Crippen LogP contribution in [0.4, 0.5) is 4.39 Å². The Morgan fingerprint density at radius 3 is 2.76 bits per heavy atom. The van der Waals surface area contributed by atoms with Crippen LogP contribution in [0.1, 0.15) is 16.6 Å². The van der Waals surface area contributed by atoms with Crippen LogP contribution in [0.3, 0.4) is 0 Å². The summed E-state index contributed by atoms with van der Waals surface area (Å²) >= 11 is 7.44. The summed E-state index contributed by atoms with van der Waals surface area (Å²) in [5, 5.41) is 3.17. The summed E-state index contributed by atoms with van der Waals surface area (Å²) in [5.41, 5.74) is 0.832. The number of nitrogens with zero attached hydrogens (tertiary/aromatic N) is 1. The lowest BCUT2D eigenvalue weighted by Crippen LogP contribution is -2.19. The first-order chi connectivity index (χ1) is 8.19. The molecule has 2 rings (SSSR count). The molecule has 5 heteroatoms. The fraction of sp³-hybridized carbons (Fsp3) is 0.250. The average Bonchev–Trinajstić information content (AvgIpc) is 2.73. The molecular formula is C12H12ClFN2S. The van der Waals surface area contributed by atoms with Crippen molar-refractivity contribution in [1.29, 1.82) is 0 Å². The van der Waals surface area contributed by atoms with E-state index in [2.05, 4.69) is 10.3 Å². The second kappa shape index (κ2) is 5.58. The summed E-state index contributed by atoms with van der Waals surface area (Å²) in [5.74, 6) is -0.317. The minimum atomic E-state index is -0.317. The Balaban J connectivity index is 2.13. The monoisotopic (exact) mass is 270 g/mol. The molecule has 1 unspecified atom stereocenters. The van der Waals surface area contributed by atoms with Crippen LogP contribution >= 0.6 is 22.9 Å². The third-order valence-electron chi connectivity index (χ3n) is 2.49. The maximum absolute atomic E-state index is 12.8. The number of likely N-dealkylation sites (N-methyl/N-ethyl adjacent to an activating group) is 1. The smallest absolute Gasteiger partial charge is 0.141 e. The van der Waals surface area contributed by atoms with E-state index in [0.717, 1.165) is 16.5 Å². The summed E-state index contributed by atoms with van der Waals surface area (Å²) in [6, 6.07) is 7.08. The average molecular weight is 271 g/mol. The van der Waals surface area contributed by atoms with Crippen LogP contribution in [-0.2, 0) is 6.42 Å². The molecule has 1 N–H and O–H groups in total. The zero-order valence-corrected chi connectivity index (χ0v) is 10.9. The summed E-state index contributed by atoms with van der Waals surface area (Å²) in [6.07, 6.45) is 2.04. The van der Waals surface area contributed by atoms with E-state index in [-0.39, 0.29) is 11.9 Å². The van der Waals surface area contributed by atoms with Gasteiger partial charge in [0.05, 0.1) is 22.3 Å². The number of thiophene rings is 1. The number of aromatic nitrogens is 1. The van der Waals surface area contributed by atoms with E-state index < -0.39 is 0 Å². The quantitative estimate of drug-likeness (QED) is 0.921. The summed E-state index contributed by atoms with van der Waals surface area (Å²) in [6.45, 7) is 0. The molecule has 2 aromatic rings. The molecule has 90 valence electrons. The lowest BCUT2D eigenvalue weighted by molar-refractivity contribution is 0.569. The van der Waals surface area contributed by atoms with Gasteiger partial charge in [-0.15, -0.1) is 11.3 Å². The second-order valence-corrected chi connectivity index (χ2v) is 5.45. The van der Waals surface area contributed by atoms with Crippen molar-refractivity contribution in [3.63, 3.8) is 0 Å². The molecule has 0 radical (unpaired) electrons. The van der Waals surface area contributed by atoms with Gasteiger partial charge in [-0.25, -0.2) is 4.39 Å². The molecule has 1 atom stereocenters.